The molecule has 0 N–H and O–H groups in total. The van der Waals surface area contributed by atoms with E-state index in [4.69, 9.17) is 46.4 Å². The normalized spacial score (nSPS) is 14.3. The van der Waals surface area contributed by atoms with Crippen molar-refractivity contribution in [2.75, 3.05) is 6.61 Å². The lowest BCUT2D eigenvalue weighted by atomic mass is 10.5. The quantitative estimate of drug-likeness (QED) is 0.547. The average molecular weight is 240 g/mol. The van der Waals surface area contributed by atoms with Gasteiger partial charge in [-0.15, -0.1) is 11.6 Å². The molecule has 0 aliphatic carbocycles. The van der Waals surface area contributed by atoms with Crippen molar-refractivity contribution in [3.63, 3.8) is 0 Å². The Bertz CT molecular complexity index is 140. The van der Waals surface area contributed by atoms with Crippen LogP contribution in [0, 0.1) is 0 Å². The second-order valence-electron chi connectivity index (χ2n) is 1.88. The highest BCUT2D eigenvalue weighted by molar-refractivity contribution is 6.75. The maximum Gasteiger partial charge on any atom is 0.358 e. The topological polar surface area (TPSA) is 26.3 Å². The maximum atomic E-state index is 10.7. The van der Waals surface area contributed by atoms with E-state index in [0.717, 1.165) is 0 Å². The minimum Gasteiger partial charge on any atom is -0.461 e. The molecule has 0 fully saturated rings. The molecule has 0 aromatic heterocycles. The fourth-order valence-corrected chi connectivity index (χ4v) is 0.499. The largest absolute Gasteiger partial charge is 0.461 e. The molecule has 0 amide bonds. The molecule has 11 heavy (non-hydrogen) atoms. The van der Waals surface area contributed by atoms with E-state index >= 15 is 0 Å². The lowest BCUT2D eigenvalue weighted by molar-refractivity contribution is -0.142. The molecular formula is C5H6Cl4O2. The highest BCUT2D eigenvalue weighted by Gasteiger charge is 2.32. The minimum absolute atomic E-state index is 0.0360. The molecule has 0 radical (unpaired) electrons. The first-order valence-electron chi connectivity index (χ1n) is 2.72. The van der Waals surface area contributed by atoms with Crippen LogP contribution in [0.3, 0.4) is 0 Å². The predicted molar refractivity (Wildman–Crippen MR) is 46.6 cm³/mol. The summed E-state index contributed by atoms with van der Waals surface area (Å²) < 4.78 is 2.49. The summed E-state index contributed by atoms with van der Waals surface area (Å²) in [6.07, 6.45) is 0. The molecule has 1 unspecified atom stereocenters. The Morgan fingerprint density at radius 1 is 1.55 bits per heavy atom. The van der Waals surface area contributed by atoms with Gasteiger partial charge in [0.05, 0.1) is 5.38 Å². The third kappa shape index (κ3) is 5.85. The van der Waals surface area contributed by atoms with Crippen molar-refractivity contribution < 1.29 is 9.53 Å². The fourth-order valence-electron chi connectivity index (χ4n) is 0.272. The molecule has 0 aromatic carbocycles. The molecule has 0 spiro atoms. The molecule has 0 saturated heterocycles. The number of alkyl halides is 4. The summed E-state index contributed by atoms with van der Waals surface area (Å²) in [5, 5.41) is -0.286. The summed E-state index contributed by atoms with van der Waals surface area (Å²) in [7, 11) is 0. The van der Waals surface area contributed by atoms with Gasteiger partial charge in [-0.3, -0.25) is 0 Å². The van der Waals surface area contributed by atoms with Crippen molar-refractivity contribution in [2.45, 2.75) is 16.1 Å². The van der Waals surface area contributed by atoms with Crippen molar-refractivity contribution in [3.05, 3.63) is 0 Å². The Morgan fingerprint density at radius 2 is 2.00 bits per heavy atom. The highest BCUT2D eigenvalue weighted by atomic mass is 35.6. The van der Waals surface area contributed by atoms with Gasteiger partial charge in [-0.05, 0) is 6.92 Å². The molecule has 1 atom stereocenters. The SMILES string of the molecule is CC(Cl)COC(=O)C(Cl)(Cl)Cl. The molecule has 0 rings (SSSR count). The summed E-state index contributed by atoms with van der Waals surface area (Å²) in [5.41, 5.74) is 0. The second kappa shape index (κ2) is 4.61. The van der Waals surface area contributed by atoms with Gasteiger partial charge >= 0.3 is 5.97 Å². The van der Waals surface area contributed by atoms with Crippen LogP contribution in [-0.2, 0) is 9.53 Å². The van der Waals surface area contributed by atoms with Gasteiger partial charge in [-0.25, -0.2) is 4.79 Å². The van der Waals surface area contributed by atoms with E-state index in [2.05, 4.69) is 4.74 Å². The van der Waals surface area contributed by atoms with E-state index in [1.807, 2.05) is 0 Å². The number of ether oxygens (including phenoxy) is 1. The van der Waals surface area contributed by atoms with Gasteiger partial charge in [0.2, 0.25) is 0 Å². The zero-order valence-electron chi connectivity index (χ0n) is 5.61. The first kappa shape index (κ1) is 11.6. The van der Waals surface area contributed by atoms with E-state index in [1.165, 1.54) is 0 Å². The van der Waals surface area contributed by atoms with Gasteiger partial charge in [0.25, 0.3) is 3.79 Å². The van der Waals surface area contributed by atoms with Crippen molar-refractivity contribution in [3.8, 4) is 0 Å². The Balaban J connectivity index is 3.71. The number of carbonyl (C=O) groups excluding carboxylic acids is 1. The van der Waals surface area contributed by atoms with Crippen LogP contribution in [0.4, 0.5) is 0 Å². The number of hydrogen-bond donors (Lipinski definition) is 0. The van der Waals surface area contributed by atoms with E-state index in [1.54, 1.807) is 6.92 Å². The molecular weight excluding hydrogens is 234 g/mol. The molecule has 0 aliphatic heterocycles. The van der Waals surface area contributed by atoms with Gasteiger partial charge in [0, 0.05) is 0 Å². The molecule has 66 valence electrons. The van der Waals surface area contributed by atoms with Crippen molar-refractivity contribution in [1.82, 2.24) is 0 Å². The Labute approximate surface area is 84.7 Å². The Morgan fingerprint density at radius 3 is 2.27 bits per heavy atom. The van der Waals surface area contributed by atoms with Gasteiger partial charge < -0.3 is 4.74 Å². The standard InChI is InChI=1S/C5H6Cl4O2/c1-3(6)2-11-4(10)5(7,8)9/h3H,2H2,1H3. The van der Waals surface area contributed by atoms with Crippen molar-refractivity contribution in [1.29, 1.82) is 0 Å². The third-order valence-corrected chi connectivity index (χ3v) is 1.26. The zero-order chi connectivity index (χ0) is 9.07. The van der Waals surface area contributed by atoms with Crippen LogP contribution in [0.2, 0.25) is 0 Å². The minimum atomic E-state index is -2.01. The molecule has 6 heteroatoms. The molecule has 0 aromatic rings. The van der Waals surface area contributed by atoms with Crippen LogP contribution in [0.1, 0.15) is 6.92 Å². The number of esters is 1. The first-order valence-corrected chi connectivity index (χ1v) is 4.29. The van der Waals surface area contributed by atoms with Crippen molar-refractivity contribution in [2.24, 2.45) is 0 Å². The van der Waals surface area contributed by atoms with Crippen molar-refractivity contribution >= 4 is 52.4 Å². The average Bonchev–Trinajstić information content (AvgIpc) is 1.80. The van der Waals surface area contributed by atoms with Crippen LogP contribution in [0.5, 0.6) is 0 Å². The number of rotatable bonds is 2. The van der Waals surface area contributed by atoms with E-state index in [9.17, 15) is 4.79 Å². The maximum absolute atomic E-state index is 10.7. The van der Waals surface area contributed by atoms with E-state index in [-0.39, 0.29) is 12.0 Å². The Hall–Kier alpha value is 0.630. The van der Waals surface area contributed by atoms with Crippen LogP contribution in [0.25, 0.3) is 0 Å². The summed E-state index contributed by atoms with van der Waals surface area (Å²) in [5.74, 6) is -0.907. The Kier molecular flexibility index (Phi) is 4.87. The number of halogens is 4. The van der Waals surface area contributed by atoms with Crippen LogP contribution >= 0.6 is 46.4 Å². The first-order chi connectivity index (χ1) is 4.84. The highest BCUT2D eigenvalue weighted by Crippen LogP contribution is 2.27. The summed E-state index contributed by atoms with van der Waals surface area (Å²) in [6, 6.07) is 0. The summed E-state index contributed by atoms with van der Waals surface area (Å²) in [4.78, 5) is 10.7. The molecule has 0 aliphatic rings. The van der Waals surface area contributed by atoms with Gasteiger partial charge in [0.1, 0.15) is 6.61 Å². The lowest BCUT2D eigenvalue weighted by Gasteiger charge is -2.10. The van der Waals surface area contributed by atoms with Crippen LogP contribution < -0.4 is 0 Å². The van der Waals surface area contributed by atoms with Crippen LogP contribution in [0.15, 0.2) is 0 Å². The van der Waals surface area contributed by atoms with Gasteiger partial charge in [0.15, 0.2) is 0 Å². The predicted octanol–water partition coefficient (Wildman–Crippen LogP) is 2.53. The van der Waals surface area contributed by atoms with Gasteiger partial charge in [-0.2, -0.15) is 0 Å². The molecule has 0 bridgehead atoms. The lowest BCUT2D eigenvalue weighted by Crippen LogP contribution is -2.24. The molecule has 2 nitrogen and oxygen atoms in total. The van der Waals surface area contributed by atoms with E-state index in [0.29, 0.717) is 0 Å². The molecule has 0 saturated carbocycles. The summed E-state index contributed by atoms with van der Waals surface area (Å²) in [6.45, 7) is 1.70. The zero-order valence-corrected chi connectivity index (χ0v) is 8.64. The van der Waals surface area contributed by atoms with E-state index < -0.39 is 9.76 Å². The fraction of sp³-hybridized carbons (Fsp3) is 0.800. The second-order valence-corrected chi connectivity index (χ2v) is 4.90. The third-order valence-electron chi connectivity index (χ3n) is 0.676. The number of hydrogen-bond acceptors (Lipinski definition) is 2. The van der Waals surface area contributed by atoms with Crippen LogP contribution in [-0.4, -0.2) is 21.7 Å². The smallest absolute Gasteiger partial charge is 0.358 e. The van der Waals surface area contributed by atoms with Gasteiger partial charge in [-0.1, -0.05) is 34.8 Å². The molecule has 0 heterocycles. The summed E-state index contributed by atoms with van der Waals surface area (Å²) >= 11 is 21.0. The number of carbonyl (C=O) groups is 1. The monoisotopic (exact) mass is 238 g/mol.